The maximum absolute atomic E-state index is 12.0. The second-order valence-electron chi connectivity index (χ2n) is 6.02. The Bertz CT molecular complexity index is 706. The second-order valence-corrected chi connectivity index (χ2v) is 8.03. The minimum absolute atomic E-state index is 0.0438. The van der Waals surface area contributed by atoms with E-state index in [1.165, 1.54) is 29.8 Å². The molecular weight excluding hydrogens is 363 g/mol. The fourth-order valence-electron chi connectivity index (χ4n) is 2.88. The minimum Gasteiger partial charge on any atom is -0.356 e. The number of carbonyl (C=O) groups is 1. The van der Waals surface area contributed by atoms with E-state index in [9.17, 15) is 4.79 Å². The Morgan fingerprint density at radius 1 is 1.21 bits per heavy atom. The predicted molar refractivity (Wildman–Crippen MR) is 100 cm³/mol. The van der Waals surface area contributed by atoms with E-state index >= 15 is 0 Å². The molecule has 0 aliphatic heterocycles. The smallest absolute Gasteiger partial charge is 0.220 e. The molecule has 128 valence electrons. The van der Waals surface area contributed by atoms with Gasteiger partial charge in [0.25, 0.3) is 0 Å². The maximum atomic E-state index is 12.0. The molecule has 1 aliphatic rings. The van der Waals surface area contributed by atoms with Crippen molar-refractivity contribution in [1.82, 2.24) is 10.3 Å². The zero-order valence-corrected chi connectivity index (χ0v) is 15.7. The summed E-state index contributed by atoms with van der Waals surface area (Å²) in [5.74, 6) is 0.0438. The molecule has 0 atom stereocenters. The maximum Gasteiger partial charge on any atom is 0.220 e. The summed E-state index contributed by atoms with van der Waals surface area (Å²) in [7, 11) is 0. The number of halogens is 2. The summed E-state index contributed by atoms with van der Waals surface area (Å²) in [6.45, 7) is 0.638. The lowest BCUT2D eigenvalue weighted by molar-refractivity contribution is -0.121. The van der Waals surface area contributed by atoms with Crippen LogP contribution in [-0.4, -0.2) is 17.4 Å². The van der Waals surface area contributed by atoms with E-state index < -0.39 is 0 Å². The van der Waals surface area contributed by atoms with E-state index in [2.05, 4.69) is 5.32 Å². The monoisotopic (exact) mass is 382 g/mol. The number of fused-ring (bicyclic) bond motifs is 1. The molecule has 1 N–H and O–H groups in total. The number of rotatable bonds is 6. The van der Waals surface area contributed by atoms with Crippen LogP contribution >= 0.6 is 34.5 Å². The van der Waals surface area contributed by atoms with Crippen molar-refractivity contribution in [1.29, 1.82) is 0 Å². The summed E-state index contributed by atoms with van der Waals surface area (Å²) in [5, 5.41) is 5.34. The third-order valence-corrected chi connectivity index (χ3v) is 5.99. The lowest BCUT2D eigenvalue weighted by Gasteiger charge is -2.06. The Balaban J connectivity index is 1.41. The van der Waals surface area contributed by atoms with Crippen molar-refractivity contribution in [3.8, 4) is 0 Å². The molecule has 3 nitrogen and oxygen atoms in total. The Kier molecular flexibility index (Phi) is 6.14. The SMILES string of the molecule is O=C(CCc1ccc(Cl)cc1Cl)NCCc1nc2c(s1)CCCC2. The first-order valence-electron chi connectivity index (χ1n) is 8.30. The topological polar surface area (TPSA) is 42.0 Å². The first kappa shape index (κ1) is 17.7. The van der Waals surface area contributed by atoms with Crippen LogP contribution in [0.15, 0.2) is 18.2 Å². The van der Waals surface area contributed by atoms with Crippen molar-refractivity contribution < 1.29 is 4.79 Å². The van der Waals surface area contributed by atoms with Crippen LogP contribution in [0.3, 0.4) is 0 Å². The number of nitrogens with zero attached hydrogens (tertiary/aromatic N) is 1. The van der Waals surface area contributed by atoms with E-state index in [0.29, 0.717) is 29.4 Å². The normalized spacial score (nSPS) is 13.6. The van der Waals surface area contributed by atoms with Gasteiger partial charge in [0.15, 0.2) is 0 Å². The van der Waals surface area contributed by atoms with Crippen molar-refractivity contribution in [3.63, 3.8) is 0 Å². The van der Waals surface area contributed by atoms with Crippen molar-refractivity contribution in [2.45, 2.75) is 44.9 Å². The summed E-state index contributed by atoms with van der Waals surface area (Å²) >= 11 is 13.8. The van der Waals surface area contributed by atoms with Crippen LogP contribution in [0.2, 0.25) is 10.0 Å². The molecule has 0 spiro atoms. The molecule has 1 aromatic heterocycles. The Labute approximate surface area is 156 Å². The predicted octanol–water partition coefficient (Wildman–Crippen LogP) is 4.62. The largest absolute Gasteiger partial charge is 0.356 e. The van der Waals surface area contributed by atoms with Gasteiger partial charge in [-0.3, -0.25) is 4.79 Å². The van der Waals surface area contributed by atoms with Gasteiger partial charge in [0, 0.05) is 34.3 Å². The van der Waals surface area contributed by atoms with Gasteiger partial charge in [-0.05, 0) is 49.8 Å². The second kappa shape index (κ2) is 8.32. The molecule has 0 radical (unpaired) electrons. The van der Waals surface area contributed by atoms with Gasteiger partial charge in [0.1, 0.15) is 0 Å². The van der Waals surface area contributed by atoms with Crippen LogP contribution in [0, 0.1) is 0 Å². The molecule has 3 rings (SSSR count). The number of aromatic nitrogens is 1. The van der Waals surface area contributed by atoms with Gasteiger partial charge in [-0.2, -0.15) is 0 Å². The molecule has 6 heteroatoms. The van der Waals surface area contributed by atoms with E-state index in [0.717, 1.165) is 23.4 Å². The number of nitrogens with one attached hydrogen (secondary N) is 1. The number of carbonyl (C=O) groups excluding carboxylic acids is 1. The Morgan fingerprint density at radius 3 is 2.83 bits per heavy atom. The molecule has 0 unspecified atom stereocenters. The number of hydrogen-bond donors (Lipinski definition) is 1. The third-order valence-electron chi connectivity index (χ3n) is 4.19. The fourth-order valence-corrected chi connectivity index (χ4v) is 4.54. The molecule has 1 aliphatic carbocycles. The first-order chi connectivity index (χ1) is 11.6. The molecule has 0 fully saturated rings. The van der Waals surface area contributed by atoms with Crippen LogP contribution in [0.25, 0.3) is 0 Å². The minimum atomic E-state index is 0.0438. The van der Waals surface area contributed by atoms with E-state index in [-0.39, 0.29) is 5.91 Å². The molecule has 24 heavy (non-hydrogen) atoms. The van der Waals surface area contributed by atoms with Crippen molar-refractivity contribution in [2.24, 2.45) is 0 Å². The zero-order chi connectivity index (χ0) is 16.9. The standard InChI is InChI=1S/C18H20Cl2N2OS/c19-13-7-5-12(14(20)11-13)6-8-17(23)21-10-9-18-22-15-3-1-2-4-16(15)24-18/h5,7,11H,1-4,6,8-10H2,(H,21,23). The molecule has 1 amide bonds. The van der Waals surface area contributed by atoms with Gasteiger partial charge in [0.05, 0.1) is 10.7 Å². The van der Waals surface area contributed by atoms with Crippen LogP contribution in [0.1, 0.15) is 40.4 Å². The van der Waals surface area contributed by atoms with Crippen molar-refractivity contribution in [3.05, 3.63) is 49.4 Å². The Hall–Kier alpha value is -1.10. The van der Waals surface area contributed by atoms with Gasteiger partial charge in [0.2, 0.25) is 5.91 Å². The van der Waals surface area contributed by atoms with Gasteiger partial charge < -0.3 is 5.32 Å². The van der Waals surface area contributed by atoms with Gasteiger partial charge >= 0.3 is 0 Å². The molecule has 0 saturated carbocycles. The highest BCUT2D eigenvalue weighted by Crippen LogP contribution is 2.26. The summed E-state index contributed by atoms with van der Waals surface area (Å²) in [6.07, 6.45) is 6.66. The molecule has 1 aromatic carbocycles. The average molecular weight is 383 g/mol. The molecule has 1 heterocycles. The molecule has 2 aromatic rings. The highest BCUT2D eigenvalue weighted by Gasteiger charge is 2.15. The molecule has 0 bridgehead atoms. The number of benzene rings is 1. The quantitative estimate of drug-likeness (QED) is 0.791. The third kappa shape index (κ3) is 4.71. The number of hydrogen-bond acceptors (Lipinski definition) is 3. The van der Waals surface area contributed by atoms with Crippen molar-refractivity contribution >= 4 is 40.4 Å². The molecular formula is C18H20Cl2N2OS. The summed E-state index contributed by atoms with van der Waals surface area (Å²) in [4.78, 5) is 18.1. The summed E-state index contributed by atoms with van der Waals surface area (Å²) in [6, 6.07) is 5.38. The highest BCUT2D eigenvalue weighted by atomic mass is 35.5. The van der Waals surface area contributed by atoms with Crippen LogP contribution in [0.4, 0.5) is 0 Å². The van der Waals surface area contributed by atoms with Crippen LogP contribution < -0.4 is 5.32 Å². The van der Waals surface area contributed by atoms with E-state index in [1.54, 1.807) is 12.1 Å². The number of amides is 1. The molecule has 0 saturated heterocycles. The lowest BCUT2D eigenvalue weighted by Crippen LogP contribution is -2.25. The average Bonchev–Trinajstić information content (AvgIpc) is 2.96. The highest BCUT2D eigenvalue weighted by molar-refractivity contribution is 7.11. The fraction of sp³-hybridized carbons (Fsp3) is 0.444. The summed E-state index contributed by atoms with van der Waals surface area (Å²) < 4.78 is 0. The Morgan fingerprint density at radius 2 is 2.04 bits per heavy atom. The van der Waals surface area contributed by atoms with E-state index in [4.69, 9.17) is 28.2 Å². The first-order valence-corrected chi connectivity index (χ1v) is 9.87. The van der Waals surface area contributed by atoms with Crippen LogP contribution in [-0.2, 0) is 30.5 Å². The number of thiazole rings is 1. The van der Waals surface area contributed by atoms with Gasteiger partial charge in [-0.15, -0.1) is 11.3 Å². The van der Waals surface area contributed by atoms with Gasteiger partial charge in [-0.25, -0.2) is 4.98 Å². The van der Waals surface area contributed by atoms with Gasteiger partial charge in [-0.1, -0.05) is 29.3 Å². The summed E-state index contributed by atoms with van der Waals surface area (Å²) in [5.41, 5.74) is 2.23. The van der Waals surface area contributed by atoms with Crippen LogP contribution in [0.5, 0.6) is 0 Å². The number of aryl methyl sites for hydroxylation is 3. The zero-order valence-electron chi connectivity index (χ0n) is 13.4. The van der Waals surface area contributed by atoms with Crippen molar-refractivity contribution in [2.75, 3.05) is 6.54 Å². The lowest BCUT2D eigenvalue weighted by atomic mass is 10.0. The van der Waals surface area contributed by atoms with E-state index in [1.807, 2.05) is 17.4 Å².